The summed E-state index contributed by atoms with van der Waals surface area (Å²) < 4.78 is 10.5. The molecule has 2 saturated heterocycles. The van der Waals surface area contributed by atoms with Crippen LogP contribution in [0.3, 0.4) is 0 Å². The quantitative estimate of drug-likeness (QED) is 0.242. The Balaban J connectivity index is 2.07. The highest BCUT2D eigenvalue weighted by atomic mass is 32.2. The maximum atomic E-state index is 9.94. The Morgan fingerprint density at radius 3 is 1.22 bits per heavy atom. The summed E-state index contributed by atoms with van der Waals surface area (Å²) in [5.41, 5.74) is -2.35. The van der Waals surface area contributed by atoms with Crippen molar-refractivity contribution in [1.29, 1.82) is 0 Å². The fourth-order valence-electron chi connectivity index (χ4n) is 2.49. The van der Waals surface area contributed by atoms with E-state index in [0.29, 0.717) is 11.8 Å². The minimum absolute atomic E-state index is 0.601. The number of rotatable bonds is 4. The molecule has 136 valence electrons. The van der Waals surface area contributed by atoms with Gasteiger partial charge < -0.3 is 50.3 Å². The van der Waals surface area contributed by atoms with Gasteiger partial charge in [-0.2, -0.15) is 0 Å². The molecule has 0 aliphatic carbocycles. The van der Waals surface area contributed by atoms with Crippen LogP contribution in [0.4, 0.5) is 0 Å². The van der Waals surface area contributed by atoms with Crippen molar-refractivity contribution in [2.24, 2.45) is 0 Å². The zero-order valence-corrected chi connectivity index (χ0v) is 12.8. The van der Waals surface area contributed by atoms with Crippen molar-refractivity contribution in [3.05, 3.63) is 0 Å². The molecule has 0 saturated carbocycles. The lowest BCUT2D eigenvalue weighted by Gasteiger charge is -2.44. The molecule has 2 rings (SSSR count). The third-order valence-electron chi connectivity index (χ3n) is 3.97. The van der Waals surface area contributed by atoms with E-state index in [-0.39, 0.29) is 0 Å². The van der Waals surface area contributed by atoms with Crippen molar-refractivity contribution in [3.63, 3.8) is 0 Å². The van der Waals surface area contributed by atoms with E-state index in [1.165, 1.54) is 0 Å². The second-order valence-corrected chi connectivity index (χ2v) is 6.73. The van der Waals surface area contributed by atoms with Gasteiger partial charge in [-0.15, -0.1) is 0 Å². The van der Waals surface area contributed by atoms with Crippen molar-refractivity contribution in [2.45, 2.75) is 59.7 Å². The fraction of sp³-hybridized carbons (Fsp3) is 1.00. The highest BCUT2D eigenvalue weighted by Gasteiger charge is 2.49. The Hall–Kier alpha value is -0.0500. The lowest BCUT2D eigenvalue weighted by atomic mass is 10.0. The summed E-state index contributed by atoms with van der Waals surface area (Å²) in [6, 6.07) is 0. The molecule has 0 aromatic rings. The number of thioether (sulfide) groups is 1. The summed E-state index contributed by atoms with van der Waals surface area (Å²) in [5, 5.41) is 77.0. The van der Waals surface area contributed by atoms with Gasteiger partial charge in [0.1, 0.15) is 59.7 Å². The van der Waals surface area contributed by atoms with Crippen molar-refractivity contribution in [2.75, 3.05) is 13.2 Å². The fourth-order valence-corrected chi connectivity index (χ4v) is 3.81. The zero-order valence-electron chi connectivity index (χ0n) is 12.0. The van der Waals surface area contributed by atoms with E-state index in [2.05, 4.69) is 0 Å². The van der Waals surface area contributed by atoms with Crippen molar-refractivity contribution >= 4 is 11.8 Å². The molecule has 2 aliphatic rings. The third-order valence-corrected chi connectivity index (χ3v) is 5.28. The molecule has 8 N–H and O–H groups in total. The van der Waals surface area contributed by atoms with Crippen molar-refractivity contribution in [3.8, 4) is 0 Å². The average Bonchev–Trinajstić information content (AvgIpc) is 2.55. The summed E-state index contributed by atoms with van der Waals surface area (Å²) in [7, 11) is 0. The van der Waals surface area contributed by atoms with Gasteiger partial charge in [0.2, 0.25) is 0 Å². The first-order chi connectivity index (χ1) is 10.8. The number of ether oxygens (including phenoxy) is 2. The van der Waals surface area contributed by atoms with Crippen molar-refractivity contribution < 1.29 is 50.3 Å². The van der Waals surface area contributed by atoms with Crippen LogP contribution in [0.5, 0.6) is 0 Å². The second kappa shape index (κ2) is 7.89. The molecule has 0 bridgehead atoms. The standard InChI is InChI=1S/C12H22O10S/c13-1-3-5(15)7(17)9(19)11(21-3)23-12-10(20)8(18)6(16)4(2-14)22-12/h3-20H,1-2H2/t3-,4-,5+,6+,7+,8+,9+,10+,11+,12+/m1/s1. The van der Waals surface area contributed by atoms with E-state index in [0.717, 1.165) is 0 Å². The molecule has 0 spiro atoms. The van der Waals surface area contributed by atoms with Gasteiger partial charge in [-0.3, -0.25) is 0 Å². The summed E-state index contributed by atoms with van der Waals surface area (Å²) >= 11 is 0.699. The van der Waals surface area contributed by atoms with E-state index in [1.54, 1.807) is 0 Å². The van der Waals surface area contributed by atoms with Crippen LogP contribution in [0.1, 0.15) is 0 Å². The normalized spacial score (nSPS) is 51.7. The highest BCUT2D eigenvalue weighted by molar-refractivity contribution is 8.00. The molecule has 10 nitrogen and oxygen atoms in total. The second-order valence-electron chi connectivity index (χ2n) is 5.53. The first kappa shape index (κ1) is 19.3. The Morgan fingerprint density at radius 1 is 0.565 bits per heavy atom. The predicted molar refractivity (Wildman–Crippen MR) is 75.1 cm³/mol. The number of hydrogen-bond acceptors (Lipinski definition) is 11. The molecule has 0 aromatic heterocycles. The van der Waals surface area contributed by atoms with E-state index >= 15 is 0 Å². The first-order valence-corrected chi connectivity index (χ1v) is 8.02. The molecular weight excluding hydrogens is 336 g/mol. The van der Waals surface area contributed by atoms with E-state index < -0.39 is 72.9 Å². The van der Waals surface area contributed by atoms with Crippen LogP contribution in [-0.2, 0) is 9.47 Å². The molecule has 0 amide bonds. The maximum absolute atomic E-state index is 9.94. The van der Waals surface area contributed by atoms with Gasteiger partial charge in [-0.05, 0) is 0 Å². The number of hydrogen-bond donors (Lipinski definition) is 8. The molecule has 2 fully saturated rings. The van der Waals surface area contributed by atoms with Gasteiger partial charge in [0.25, 0.3) is 0 Å². The van der Waals surface area contributed by atoms with Gasteiger partial charge in [-0.1, -0.05) is 11.8 Å². The van der Waals surface area contributed by atoms with Crippen LogP contribution < -0.4 is 0 Å². The van der Waals surface area contributed by atoms with Crippen LogP contribution in [-0.4, -0.2) is 114 Å². The molecule has 10 atom stereocenters. The monoisotopic (exact) mass is 358 g/mol. The van der Waals surface area contributed by atoms with Gasteiger partial charge >= 0.3 is 0 Å². The van der Waals surface area contributed by atoms with Crippen LogP contribution >= 0.6 is 11.8 Å². The van der Waals surface area contributed by atoms with E-state index in [4.69, 9.17) is 19.7 Å². The Kier molecular flexibility index (Phi) is 6.61. The first-order valence-electron chi connectivity index (χ1n) is 7.08. The third kappa shape index (κ3) is 3.80. The summed E-state index contributed by atoms with van der Waals surface area (Å²) in [6.45, 7) is -1.20. The Bertz CT molecular complexity index is 349. The van der Waals surface area contributed by atoms with Gasteiger partial charge in [0.15, 0.2) is 0 Å². The number of aliphatic hydroxyl groups is 8. The predicted octanol–water partition coefficient (Wildman–Crippen LogP) is -4.68. The summed E-state index contributed by atoms with van der Waals surface area (Å²) in [5.74, 6) is 0. The molecule has 2 heterocycles. The molecule has 11 heteroatoms. The van der Waals surface area contributed by atoms with Crippen LogP contribution in [0.15, 0.2) is 0 Å². The lowest BCUT2D eigenvalue weighted by Crippen LogP contribution is -2.60. The zero-order chi connectivity index (χ0) is 17.3. The molecule has 2 aliphatic heterocycles. The summed E-state index contributed by atoms with van der Waals surface area (Å²) in [4.78, 5) is 0. The molecule has 0 radical (unpaired) electrons. The minimum Gasteiger partial charge on any atom is -0.394 e. The van der Waals surface area contributed by atoms with Gasteiger partial charge in [0, 0.05) is 0 Å². The van der Waals surface area contributed by atoms with Crippen LogP contribution in [0.25, 0.3) is 0 Å². The van der Waals surface area contributed by atoms with Crippen LogP contribution in [0.2, 0.25) is 0 Å². The van der Waals surface area contributed by atoms with E-state index in [1.807, 2.05) is 0 Å². The van der Waals surface area contributed by atoms with Gasteiger partial charge in [-0.25, -0.2) is 0 Å². The minimum atomic E-state index is -1.58. The molecule has 23 heavy (non-hydrogen) atoms. The highest BCUT2D eigenvalue weighted by Crippen LogP contribution is 2.36. The van der Waals surface area contributed by atoms with Crippen LogP contribution in [0, 0.1) is 0 Å². The molecule has 0 unspecified atom stereocenters. The van der Waals surface area contributed by atoms with Gasteiger partial charge in [0.05, 0.1) is 13.2 Å². The summed E-state index contributed by atoms with van der Waals surface area (Å²) in [6.07, 6.45) is -11.5. The SMILES string of the molecule is OC[C@H]1O[C@@H](S[C@@H]2O[C@H](CO)[C@H](O)[C@H](O)[C@@H]2O)[C@@H](O)[C@@H](O)[C@H]1O. The number of aliphatic hydroxyl groups excluding tert-OH is 8. The lowest BCUT2D eigenvalue weighted by molar-refractivity contribution is -0.214. The maximum Gasteiger partial charge on any atom is 0.134 e. The average molecular weight is 358 g/mol. The Morgan fingerprint density at radius 2 is 0.913 bits per heavy atom. The Labute approximate surface area is 135 Å². The molecular formula is C12H22O10S. The van der Waals surface area contributed by atoms with Crippen molar-refractivity contribution in [1.82, 2.24) is 0 Å². The topological polar surface area (TPSA) is 180 Å². The molecule has 0 aromatic carbocycles. The van der Waals surface area contributed by atoms with E-state index in [9.17, 15) is 30.6 Å². The smallest absolute Gasteiger partial charge is 0.134 e. The largest absolute Gasteiger partial charge is 0.394 e.